The van der Waals surface area contributed by atoms with E-state index in [0.717, 1.165) is 25.2 Å². The quantitative estimate of drug-likeness (QED) is 0.891. The lowest BCUT2D eigenvalue weighted by molar-refractivity contribution is 0.0116. The zero-order valence-corrected chi connectivity index (χ0v) is 12.7. The van der Waals surface area contributed by atoms with Gasteiger partial charge in [-0.15, -0.1) is 0 Å². The third-order valence-electron chi connectivity index (χ3n) is 4.03. The fraction of sp³-hybridized carbons (Fsp3) is 0.600. The van der Waals surface area contributed by atoms with Crippen molar-refractivity contribution in [1.82, 2.24) is 9.80 Å². The first kappa shape index (κ1) is 15.1. The summed E-state index contributed by atoms with van der Waals surface area (Å²) in [5, 5.41) is 10.8. The van der Waals surface area contributed by atoms with E-state index in [1.807, 2.05) is 25.2 Å². The van der Waals surface area contributed by atoms with E-state index in [0.29, 0.717) is 11.5 Å². The number of hydrogen-bond donors (Lipinski definition) is 1. The van der Waals surface area contributed by atoms with Gasteiger partial charge in [-0.2, -0.15) is 0 Å². The molecule has 5 nitrogen and oxygen atoms in total. The van der Waals surface area contributed by atoms with Crippen LogP contribution in [0.3, 0.4) is 0 Å². The van der Waals surface area contributed by atoms with Gasteiger partial charge in [-0.05, 0) is 26.2 Å². The molecule has 0 spiro atoms. The summed E-state index contributed by atoms with van der Waals surface area (Å²) in [6.45, 7) is 2.78. The highest BCUT2D eigenvalue weighted by atomic mass is 16.5. The molecule has 0 radical (unpaired) electrons. The van der Waals surface area contributed by atoms with Crippen LogP contribution in [0.1, 0.15) is 11.7 Å². The van der Waals surface area contributed by atoms with Crippen LogP contribution in [-0.4, -0.2) is 68.9 Å². The Morgan fingerprint density at radius 3 is 2.30 bits per heavy atom. The Morgan fingerprint density at radius 1 is 1.15 bits per heavy atom. The number of benzene rings is 1. The molecule has 0 amide bonds. The van der Waals surface area contributed by atoms with E-state index in [9.17, 15) is 5.11 Å². The predicted molar refractivity (Wildman–Crippen MR) is 78.4 cm³/mol. The fourth-order valence-corrected chi connectivity index (χ4v) is 2.75. The SMILES string of the molecule is COc1cccc(OC)c1C(O)C1CN(C)CCN1C. The average Bonchev–Trinajstić information content (AvgIpc) is 2.48. The molecule has 1 N–H and O–H groups in total. The number of rotatable bonds is 4. The molecule has 1 saturated heterocycles. The highest BCUT2D eigenvalue weighted by molar-refractivity contribution is 5.47. The molecule has 20 heavy (non-hydrogen) atoms. The Bertz CT molecular complexity index is 430. The molecule has 1 aliphatic rings. The number of nitrogens with zero attached hydrogens (tertiary/aromatic N) is 2. The van der Waals surface area contributed by atoms with E-state index >= 15 is 0 Å². The number of likely N-dealkylation sites (N-methyl/N-ethyl adjacent to an activating group) is 2. The lowest BCUT2D eigenvalue weighted by Gasteiger charge is -2.40. The Kier molecular flexibility index (Phi) is 4.86. The van der Waals surface area contributed by atoms with Gasteiger partial charge < -0.3 is 19.5 Å². The number of methoxy groups -OCH3 is 2. The first-order valence-electron chi connectivity index (χ1n) is 6.86. The second kappa shape index (κ2) is 6.43. The van der Waals surface area contributed by atoms with Crippen molar-refractivity contribution in [2.45, 2.75) is 12.1 Å². The summed E-state index contributed by atoms with van der Waals surface area (Å²) in [4.78, 5) is 4.42. The van der Waals surface area contributed by atoms with Crippen LogP contribution in [0.4, 0.5) is 0 Å². The molecule has 1 aromatic rings. The average molecular weight is 280 g/mol. The fourth-order valence-electron chi connectivity index (χ4n) is 2.75. The minimum absolute atomic E-state index is 0.0268. The van der Waals surface area contributed by atoms with E-state index < -0.39 is 6.10 Å². The molecule has 2 atom stereocenters. The van der Waals surface area contributed by atoms with Crippen molar-refractivity contribution >= 4 is 0 Å². The van der Waals surface area contributed by atoms with Gasteiger partial charge in [-0.25, -0.2) is 0 Å². The zero-order chi connectivity index (χ0) is 14.7. The van der Waals surface area contributed by atoms with Crippen LogP contribution in [0.15, 0.2) is 18.2 Å². The van der Waals surface area contributed by atoms with Crippen LogP contribution in [-0.2, 0) is 0 Å². The van der Waals surface area contributed by atoms with Crippen molar-refractivity contribution < 1.29 is 14.6 Å². The normalized spacial score (nSPS) is 22.6. The van der Waals surface area contributed by atoms with E-state index in [1.165, 1.54) is 0 Å². The van der Waals surface area contributed by atoms with Crippen molar-refractivity contribution in [3.8, 4) is 11.5 Å². The first-order chi connectivity index (χ1) is 9.58. The summed E-state index contributed by atoms with van der Waals surface area (Å²) < 4.78 is 10.8. The monoisotopic (exact) mass is 280 g/mol. The Balaban J connectivity index is 2.34. The van der Waals surface area contributed by atoms with Crippen LogP contribution in [0.25, 0.3) is 0 Å². The maximum absolute atomic E-state index is 10.8. The molecule has 2 unspecified atom stereocenters. The summed E-state index contributed by atoms with van der Waals surface area (Å²) in [6.07, 6.45) is -0.645. The highest BCUT2D eigenvalue weighted by Gasteiger charge is 2.33. The molecule has 1 fully saturated rings. The van der Waals surface area contributed by atoms with Crippen LogP contribution in [0, 0.1) is 0 Å². The predicted octanol–water partition coefficient (Wildman–Crippen LogP) is 0.983. The van der Waals surface area contributed by atoms with Crippen LogP contribution in [0.5, 0.6) is 11.5 Å². The highest BCUT2D eigenvalue weighted by Crippen LogP contribution is 2.37. The number of aliphatic hydroxyl groups is 1. The molecule has 2 rings (SSSR count). The number of piperazine rings is 1. The van der Waals surface area contributed by atoms with Gasteiger partial charge in [0.2, 0.25) is 0 Å². The van der Waals surface area contributed by atoms with Crippen LogP contribution in [0.2, 0.25) is 0 Å². The number of ether oxygens (including phenoxy) is 2. The molecular formula is C15H24N2O3. The topological polar surface area (TPSA) is 45.2 Å². The van der Waals surface area contributed by atoms with Crippen LogP contribution < -0.4 is 9.47 Å². The second-order valence-corrected chi connectivity index (χ2v) is 5.33. The molecule has 5 heteroatoms. The van der Waals surface area contributed by atoms with E-state index in [-0.39, 0.29) is 6.04 Å². The summed E-state index contributed by atoms with van der Waals surface area (Å²) in [5.74, 6) is 1.33. The summed E-state index contributed by atoms with van der Waals surface area (Å²) in [6, 6.07) is 5.60. The minimum atomic E-state index is -0.645. The standard InChI is InChI=1S/C15H24N2O3/c1-16-8-9-17(2)11(10-16)15(18)14-12(19-3)6-5-7-13(14)20-4/h5-7,11,15,18H,8-10H2,1-4H3. The third-order valence-corrected chi connectivity index (χ3v) is 4.03. The van der Waals surface area contributed by atoms with Gasteiger partial charge in [0, 0.05) is 19.6 Å². The summed E-state index contributed by atoms with van der Waals surface area (Å²) in [7, 11) is 7.35. The molecule has 0 aromatic heterocycles. The van der Waals surface area contributed by atoms with Crippen LogP contribution >= 0.6 is 0 Å². The van der Waals surface area contributed by atoms with Gasteiger partial charge in [0.1, 0.15) is 17.6 Å². The van der Waals surface area contributed by atoms with E-state index in [1.54, 1.807) is 14.2 Å². The van der Waals surface area contributed by atoms with Gasteiger partial charge in [0.15, 0.2) is 0 Å². The Hall–Kier alpha value is -1.30. The molecule has 0 saturated carbocycles. The molecule has 0 aliphatic carbocycles. The number of hydrogen-bond acceptors (Lipinski definition) is 5. The van der Waals surface area contributed by atoms with Gasteiger partial charge in [-0.1, -0.05) is 6.07 Å². The maximum Gasteiger partial charge on any atom is 0.128 e. The Labute approximate surface area is 120 Å². The van der Waals surface area contributed by atoms with Gasteiger partial charge in [0.05, 0.1) is 25.8 Å². The lowest BCUT2D eigenvalue weighted by Crippen LogP contribution is -2.52. The molecule has 112 valence electrons. The van der Waals surface area contributed by atoms with Crippen molar-refractivity contribution in [2.75, 3.05) is 47.9 Å². The largest absolute Gasteiger partial charge is 0.496 e. The van der Waals surface area contributed by atoms with Crippen molar-refractivity contribution in [2.24, 2.45) is 0 Å². The van der Waals surface area contributed by atoms with Gasteiger partial charge in [-0.3, -0.25) is 4.90 Å². The molecule has 0 bridgehead atoms. The van der Waals surface area contributed by atoms with Crippen molar-refractivity contribution in [3.63, 3.8) is 0 Å². The van der Waals surface area contributed by atoms with Gasteiger partial charge in [0.25, 0.3) is 0 Å². The lowest BCUT2D eigenvalue weighted by atomic mass is 9.97. The third kappa shape index (κ3) is 2.90. The molecule has 1 aromatic carbocycles. The van der Waals surface area contributed by atoms with Crippen molar-refractivity contribution in [1.29, 1.82) is 0 Å². The van der Waals surface area contributed by atoms with E-state index in [4.69, 9.17) is 9.47 Å². The van der Waals surface area contributed by atoms with Gasteiger partial charge >= 0.3 is 0 Å². The number of aliphatic hydroxyl groups excluding tert-OH is 1. The first-order valence-corrected chi connectivity index (χ1v) is 6.86. The minimum Gasteiger partial charge on any atom is -0.496 e. The van der Waals surface area contributed by atoms with E-state index in [2.05, 4.69) is 16.8 Å². The summed E-state index contributed by atoms with van der Waals surface area (Å²) in [5.41, 5.74) is 0.727. The van der Waals surface area contributed by atoms with Crippen molar-refractivity contribution in [3.05, 3.63) is 23.8 Å². The summed E-state index contributed by atoms with van der Waals surface area (Å²) >= 11 is 0. The smallest absolute Gasteiger partial charge is 0.128 e. The Morgan fingerprint density at radius 2 is 1.75 bits per heavy atom. The molecule has 1 aliphatic heterocycles. The zero-order valence-electron chi connectivity index (χ0n) is 12.7. The molecule has 1 heterocycles. The maximum atomic E-state index is 10.8. The molecular weight excluding hydrogens is 256 g/mol. The second-order valence-electron chi connectivity index (χ2n) is 5.33.